The predicted octanol–water partition coefficient (Wildman–Crippen LogP) is 10.7. The van der Waals surface area contributed by atoms with E-state index in [0.717, 1.165) is 55.0 Å². The average molecular weight is 565 g/mol. The van der Waals surface area contributed by atoms with Crippen LogP contribution in [-0.2, 0) is 0 Å². The molecule has 198 valence electrons. The first-order chi connectivity index (χ1) is 21.2. The van der Waals surface area contributed by atoms with Crippen LogP contribution in [-0.4, -0.2) is 9.13 Å². The Morgan fingerprint density at radius 3 is 2.14 bits per heavy atom. The zero-order valence-corrected chi connectivity index (χ0v) is 23.6. The Bertz CT molecular complexity index is 2710. The highest BCUT2D eigenvalue weighted by atomic mass is 32.1. The van der Waals surface area contributed by atoms with E-state index in [0.29, 0.717) is 11.3 Å². The normalized spacial score (nSPS) is 11.7. The smallest absolute Gasteiger partial charge is 0.188 e. The molecule has 0 saturated carbocycles. The van der Waals surface area contributed by atoms with Crippen molar-refractivity contribution < 1.29 is 0 Å². The van der Waals surface area contributed by atoms with Gasteiger partial charge in [0.05, 0.1) is 45.0 Å². The van der Waals surface area contributed by atoms with Crippen molar-refractivity contribution in [2.75, 3.05) is 0 Å². The van der Waals surface area contributed by atoms with Crippen LogP contribution in [0.5, 0.6) is 0 Å². The van der Waals surface area contributed by atoms with Crippen LogP contribution < -0.4 is 0 Å². The van der Waals surface area contributed by atoms with Crippen LogP contribution in [0.25, 0.3) is 80.0 Å². The highest BCUT2D eigenvalue weighted by molar-refractivity contribution is 7.26. The first-order valence-electron chi connectivity index (χ1n) is 14.0. The lowest BCUT2D eigenvalue weighted by atomic mass is 10.1. The van der Waals surface area contributed by atoms with Gasteiger partial charge in [0, 0.05) is 43.0 Å². The van der Waals surface area contributed by atoms with E-state index in [4.69, 9.17) is 6.57 Å². The number of thiophene rings is 1. The van der Waals surface area contributed by atoms with Gasteiger partial charge in [-0.2, -0.15) is 5.26 Å². The maximum absolute atomic E-state index is 9.59. The molecule has 0 aliphatic heterocycles. The highest BCUT2D eigenvalue weighted by Crippen LogP contribution is 2.44. The SMILES string of the molecule is [C-]#[N+]c1ccc2c(c1)c1ccc3c4ccccc4sc3c1n2-c1cccc(-n2c3ccccc3c3cc(C#N)ccc32)c1. The molecule has 0 amide bonds. The maximum Gasteiger partial charge on any atom is 0.188 e. The lowest BCUT2D eigenvalue weighted by Crippen LogP contribution is -1.98. The Balaban J connectivity index is 1.39. The van der Waals surface area contributed by atoms with Gasteiger partial charge in [0.1, 0.15) is 0 Å². The van der Waals surface area contributed by atoms with Crippen LogP contribution in [0.2, 0.25) is 0 Å². The third-order valence-electron chi connectivity index (χ3n) is 8.53. The molecule has 0 aliphatic carbocycles. The summed E-state index contributed by atoms with van der Waals surface area (Å²) in [6.07, 6.45) is 0. The number of benzene rings is 6. The highest BCUT2D eigenvalue weighted by Gasteiger charge is 2.19. The summed E-state index contributed by atoms with van der Waals surface area (Å²) >= 11 is 1.82. The fourth-order valence-electron chi connectivity index (χ4n) is 6.70. The number of hydrogen-bond donors (Lipinski definition) is 0. The molecular formula is C38H20N4S. The average Bonchev–Trinajstić information content (AvgIpc) is 3.72. The fourth-order valence-corrected chi connectivity index (χ4v) is 7.94. The van der Waals surface area contributed by atoms with Crippen molar-refractivity contribution in [3.8, 4) is 17.4 Å². The third kappa shape index (κ3) is 3.29. The summed E-state index contributed by atoms with van der Waals surface area (Å²) in [6.45, 7) is 7.67. The van der Waals surface area contributed by atoms with Crippen LogP contribution in [0.15, 0.2) is 121 Å². The predicted molar refractivity (Wildman–Crippen MR) is 179 cm³/mol. The molecule has 0 bridgehead atoms. The van der Waals surface area contributed by atoms with Gasteiger partial charge in [0.25, 0.3) is 0 Å². The maximum atomic E-state index is 9.59. The molecule has 0 radical (unpaired) electrons. The van der Waals surface area contributed by atoms with Crippen LogP contribution in [0, 0.1) is 17.9 Å². The largest absolute Gasteiger partial charge is 0.309 e. The van der Waals surface area contributed by atoms with Crippen molar-refractivity contribution >= 4 is 80.8 Å². The van der Waals surface area contributed by atoms with E-state index in [9.17, 15) is 5.26 Å². The third-order valence-corrected chi connectivity index (χ3v) is 9.73. The van der Waals surface area contributed by atoms with Crippen molar-refractivity contribution in [3.05, 3.63) is 138 Å². The second kappa shape index (κ2) is 8.81. The van der Waals surface area contributed by atoms with Crippen molar-refractivity contribution in [2.24, 2.45) is 0 Å². The minimum atomic E-state index is 0.638. The standard InChI is InChI=1S/C38H20N4S/c1-40-24-14-18-35-32(20-24)29-15-16-30-28-10-3-5-12-36(28)43-38(30)37(29)42(35)26-8-6-7-25(21-26)41-33-11-4-2-9-27(33)31-19-23(22-39)13-17-34(31)41/h2-21H. The molecule has 0 saturated heterocycles. The molecule has 6 aromatic carbocycles. The molecular weight excluding hydrogens is 545 g/mol. The lowest BCUT2D eigenvalue weighted by molar-refractivity contribution is 1.14. The summed E-state index contributed by atoms with van der Waals surface area (Å²) < 4.78 is 7.15. The minimum Gasteiger partial charge on any atom is -0.309 e. The van der Waals surface area contributed by atoms with E-state index in [1.165, 1.54) is 20.2 Å². The van der Waals surface area contributed by atoms with Gasteiger partial charge in [-0.05, 0) is 66.0 Å². The molecule has 3 heterocycles. The Labute approximate surface area is 250 Å². The first kappa shape index (κ1) is 23.8. The number of nitriles is 1. The molecule has 0 N–H and O–H groups in total. The van der Waals surface area contributed by atoms with Crippen LogP contribution in [0.3, 0.4) is 0 Å². The van der Waals surface area contributed by atoms with Crippen LogP contribution in [0.1, 0.15) is 5.56 Å². The summed E-state index contributed by atoms with van der Waals surface area (Å²) in [5, 5.41) is 16.5. The van der Waals surface area contributed by atoms with E-state index >= 15 is 0 Å². The van der Waals surface area contributed by atoms with E-state index in [1.54, 1.807) is 0 Å². The van der Waals surface area contributed by atoms with Crippen molar-refractivity contribution in [3.63, 3.8) is 0 Å². The van der Waals surface area contributed by atoms with Gasteiger partial charge >= 0.3 is 0 Å². The van der Waals surface area contributed by atoms with Crippen molar-refractivity contribution in [1.29, 1.82) is 5.26 Å². The van der Waals surface area contributed by atoms with Gasteiger partial charge in [-0.25, -0.2) is 4.85 Å². The summed E-state index contributed by atoms with van der Waals surface area (Å²) in [7, 11) is 0. The van der Waals surface area contributed by atoms with Gasteiger partial charge < -0.3 is 9.13 Å². The zero-order valence-electron chi connectivity index (χ0n) is 22.7. The number of rotatable bonds is 2. The Morgan fingerprint density at radius 1 is 0.581 bits per heavy atom. The molecule has 0 fully saturated rings. The number of nitrogens with zero attached hydrogens (tertiary/aromatic N) is 4. The molecule has 9 aromatic rings. The van der Waals surface area contributed by atoms with E-state index in [2.05, 4.69) is 105 Å². The summed E-state index contributed by atoms with van der Waals surface area (Å²) in [5.74, 6) is 0. The number of fused-ring (bicyclic) bond motifs is 10. The van der Waals surface area contributed by atoms with E-state index in [-0.39, 0.29) is 0 Å². The van der Waals surface area contributed by atoms with Crippen LogP contribution in [0.4, 0.5) is 5.69 Å². The Hall–Kier alpha value is -5.88. The zero-order chi connectivity index (χ0) is 28.7. The second-order valence-electron chi connectivity index (χ2n) is 10.8. The molecule has 43 heavy (non-hydrogen) atoms. The Kier molecular flexibility index (Phi) is 4.87. The molecule has 9 rings (SSSR count). The molecule has 0 aliphatic rings. The molecule has 3 aromatic heterocycles. The molecule has 0 unspecified atom stereocenters. The van der Waals surface area contributed by atoms with Gasteiger partial charge in [-0.15, -0.1) is 11.3 Å². The van der Waals surface area contributed by atoms with Gasteiger partial charge in [-0.1, -0.05) is 60.7 Å². The summed E-state index contributed by atoms with van der Waals surface area (Å²) in [5.41, 5.74) is 7.79. The fraction of sp³-hybridized carbons (Fsp3) is 0. The van der Waals surface area contributed by atoms with Gasteiger partial charge in [-0.3, -0.25) is 0 Å². The summed E-state index contributed by atoms with van der Waals surface area (Å²) in [4.78, 5) is 3.74. The van der Waals surface area contributed by atoms with Crippen molar-refractivity contribution in [2.45, 2.75) is 0 Å². The first-order valence-corrected chi connectivity index (χ1v) is 14.9. The van der Waals surface area contributed by atoms with E-state index < -0.39 is 0 Å². The van der Waals surface area contributed by atoms with Gasteiger partial charge in [0.15, 0.2) is 5.69 Å². The molecule has 0 spiro atoms. The number of aromatic nitrogens is 2. The molecule has 4 nitrogen and oxygen atoms in total. The topological polar surface area (TPSA) is 38.0 Å². The second-order valence-corrected chi connectivity index (χ2v) is 11.9. The number of hydrogen-bond acceptors (Lipinski definition) is 2. The quantitative estimate of drug-likeness (QED) is 0.192. The van der Waals surface area contributed by atoms with Crippen molar-refractivity contribution in [1.82, 2.24) is 9.13 Å². The van der Waals surface area contributed by atoms with E-state index in [1.807, 2.05) is 47.7 Å². The molecule has 0 atom stereocenters. The monoisotopic (exact) mass is 564 g/mol. The van der Waals surface area contributed by atoms with Crippen LogP contribution >= 0.6 is 11.3 Å². The Morgan fingerprint density at radius 2 is 1.28 bits per heavy atom. The summed E-state index contributed by atoms with van der Waals surface area (Å²) in [6, 6.07) is 44.3. The minimum absolute atomic E-state index is 0.638. The lowest BCUT2D eigenvalue weighted by Gasteiger charge is -2.13. The molecule has 5 heteroatoms. The van der Waals surface area contributed by atoms with Gasteiger partial charge in [0.2, 0.25) is 0 Å². The number of para-hydroxylation sites is 1.